The first-order valence-corrected chi connectivity index (χ1v) is 12.5. The van der Waals surface area contributed by atoms with Gasteiger partial charge in [-0.05, 0) is 44.2 Å². The van der Waals surface area contributed by atoms with Crippen molar-refractivity contribution >= 4 is 23.2 Å². The third-order valence-electron chi connectivity index (χ3n) is 7.28. The van der Waals surface area contributed by atoms with Gasteiger partial charge in [-0.25, -0.2) is 14.4 Å². The molecule has 3 unspecified atom stereocenters. The van der Waals surface area contributed by atoms with Gasteiger partial charge in [-0.3, -0.25) is 9.69 Å². The van der Waals surface area contributed by atoms with Crippen LogP contribution in [-0.4, -0.2) is 80.9 Å². The summed E-state index contributed by atoms with van der Waals surface area (Å²) >= 11 is 5.87. The average molecular weight is 502 g/mol. The van der Waals surface area contributed by atoms with E-state index >= 15 is 0 Å². The summed E-state index contributed by atoms with van der Waals surface area (Å²) in [6, 6.07) is 4.19. The number of nitrogens with one attached hydrogen (secondary N) is 1. The van der Waals surface area contributed by atoms with Crippen LogP contribution < -0.4 is 4.74 Å². The topological polar surface area (TPSA) is 103 Å². The number of likely N-dealkylation sites (tertiary alicyclic amines) is 2. The van der Waals surface area contributed by atoms with Crippen LogP contribution in [0.3, 0.4) is 0 Å². The molecule has 0 bridgehead atoms. The molecule has 2 aliphatic heterocycles. The molecule has 3 atom stereocenters. The van der Waals surface area contributed by atoms with Gasteiger partial charge in [-0.2, -0.15) is 0 Å². The minimum Gasteiger partial charge on any atom is -0.489 e. The molecular weight excluding hydrogens is 473 g/mol. The Kier molecular flexibility index (Phi) is 7.00. The fourth-order valence-corrected chi connectivity index (χ4v) is 5.50. The summed E-state index contributed by atoms with van der Waals surface area (Å²) in [4.78, 5) is 25.7. The van der Waals surface area contributed by atoms with E-state index in [0.29, 0.717) is 16.6 Å². The lowest BCUT2D eigenvalue weighted by molar-refractivity contribution is 0.0280. The third-order valence-corrected chi connectivity index (χ3v) is 7.48. The Morgan fingerprint density at radius 1 is 1.17 bits per heavy atom. The monoisotopic (exact) mass is 501 g/mol. The predicted octanol–water partition coefficient (Wildman–Crippen LogP) is 3.29. The van der Waals surface area contributed by atoms with Crippen LogP contribution in [0.2, 0.25) is 5.02 Å². The van der Waals surface area contributed by atoms with Gasteiger partial charge in [0.05, 0.1) is 29.2 Å². The number of aromatic nitrogens is 2. The zero-order chi connectivity index (χ0) is 24.5. The van der Waals surface area contributed by atoms with Gasteiger partial charge in [0.1, 0.15) is 23.5 Å². The Bertz CT molecular complexity index is 1090. The molecule has 1 aliphatic carbocycles. The maximum atomic E-state index is 14.1. The van der Waals surface area contributed by atoms with Crippen LogP contribution in [0.15, 0.2) is 30.6 Å². The number of rotatable bonds is 5. The number of nitrogens with zero attached hydrogens (tertiary/aromatic N) is 4. The quantitative estimate of drug-likeness (QED) is 0.651. The number of piperidine rings is 1. The normalized spacial score (nSPS) is 25.9. The summed E-state index contributed by atoms with van der Waals surface area (Å²) in [6.07, 6.45) is 6.98. The van der Waals surface area contributed by atoms with Crippen molar-refractivity contribution in [2.75, 3.05) is 26.2 Å². The van der Waals surface area contributed by atoms with Crippen molar-refractivity contribution in [3.8, 4) is 5.75 Å². The predicted molar refractivity (Wildman–Crippen MR) is 129 cm³/mol. The van der Waals surface area contributed by atoms with E-state index in [2.05, 4.69) is 14.9 Å². The van der Waals surface area contributed by atoms with Crippen LogP contribution in [0.4, 0.5) is 4.39 Å². The summed E-state index contributed by atoms with van der Waals surface area (Å²) in [5.74, 6) is -0.509. The van der Waals surface area contributed by atoms with Gasteiger partial charge in [0, 0.05) is 49.8 Å². The molecule has 3 fully saturated rings. The lowest BCUT2D eigenvalue weighted by Gasteiger charge is -2.37. The molecule has 10 heteroatoms. The fourth-order valence-electron chi connectivity index (χ4n) is 5.40. The van der Waals surface area contributed by atoms with Crippen LogP contribution in [0.25, 0.3) is 0 Å². The van der Waals surface area contributed by atoms with Crippen molar-refractivity contribution in [1.29, 1.82) is 5.41 Å². The van der Waals surface area contributed by atoms with Crippen molar-refractivity contribution in [1.82, 2.24) is 19.8 Å². The zero-order valence-corrected chi connectivity index (χ0v) is 20.1. The lowest BCUT2D eigenvalue weighted by Crippen LogP contribution is -2.47. The zero-order valence-electron chi connectivity index (χ0n) is 19.4. The Balaban J connectivity index is 1.26. The van der Waals surface area contributed by atoms with Gasteiger partial charge in [0.25, 0.3) is 5.91 Å². The summed E-state index contributed by atoms with van der Waals surface area (Å²) < 4.78 is 20.3. The number of halogens is 2. The third kappa shape index (κ3) is 5.17. The molecule has 2 saturated heterocycles. The molecule has 1 aromatic carbocycles. The van der Waals surface area contributed by atoms with E-state index in [9.17, 15) is 14.3 Å². The number of hydrogen-bond acceptors (Lipinski definition) is 7. The SMILES string of the molecule is N=C1CN(C(=O)c2ccc(F)cc2OC2CCN(C3CCCC3O)CC2)CC1c1ncc(Cl)cn1. The molecule has 35 heavy (non-hydrogen) atoms. The van der Waals surface area contributed by atoms with E-state index < -0.39 is 11.7 Å². The molecule has 5 rings (SSSR count). The Hall–Kier alpha value is -2.62. The summed E-state index contributed by atoms with van der Waals surface area (Å²) in [5.41, 5.74) is 0.622. The van der Waals surface area contributed by atoms with Crippen molar-refractivity contribution in [2.24, 2.45) is 0 Å². The van der Waals surface area contributed by atoms with Crippen molar-refractivity contribution in [3.63, 3.8) is 0 Å². The number of amides is 1. The molecule has 1 amide bonds. The molecular formula is C25H29ClFN5O3. The molecule has 3 heterocycles. The van der Waals surface area contributed by atoms with Crippen LogP contribution in [0.1, 0.15) is 54.2 Å². The summed E-state index contributed by atoms with van der Waals surface area (Å²) in [5, 5.41) is 19.0. The first kappa shape index (κ1) is 24.1. The van der Waals surface area contributed by atoms with E-state index in [4.69, 9.17) is 21.7 Å². The standard InChI is InChI=1S/C25H29ClFN5O3/c26-15-11-29-24(30-12-15)19-13-32(14-20(19)28)25(34)18-5-4-16(27)10-23(18)35-17-6-8-31(9-7-17)21-2-1-3-22(21)33/h4-5,10-12,17,19,21-22,28,33H,1-3,6-9,13-14H2. The number of carbonyl (C=O) groups is 1. The van der Waals surface area contributed by atoms with Gasteiger partial charge in [-0.15, -0.1) is 0 Å². The summed E-state index contributed by atoms with van der Waals surface area (Å²) in [6.45, 7) is 2.01. The maximum Gasteiger partial charge on any atom is 0.257 e. The number of ether oxygens (including phenoxy) is 1. The molecule has 2 N–H and O–H groups in total. The van der Waals surface area contributed by atoms with E-state index in [1.165, 1.54) is 30.6 Å². The molecule has 0 spiro atoms. The molecule has 8 nitrogen and oxygen atoms in total. The molecule has 0 radical (unpaired) electrons. The van der Waals surface area contributed by atoms with Gasteiger partial charge in [0.2, 0.25) is 0 Å². The molecule has 1 saturated carbocycles. The molecule has 186 valence electrons. The van der Waals surface area contributed by atoms with Gasteiger partial charge >= 0.3 is 0 Å². The van der Waals surface area contributed by atoms with Gasteiger partial charge in [-0.1, -0.05) is 11.6 Å². The number of hydrogen-bond donors (Lipinski definition) is 2. The second-order valence-electron chi connectivity index (χ2n) is 9.58. The van der Waals surface area contributed by atoms with Gasteiger partial charge < -0.3 is 20.2 Å². The Labute approximate surface area is 208 Å². The lowest BCUT2D eigenvalue weighted by atomic mass is 10.0. The van der Waals surface area contributed by atoms with Crippen LogP contribution in [0, 0.1) is 11.2 Å². The van der Waals surface area contributed by atoms with Crippen LogP contribution >= 0.6 is 11.6 Å². The minimum absolute atomic E-state index is 0.134. The highest BCUT2D eigenvalue weighted by molar-refractivity contribution is 6.30. The fraction of sp³-hybridized carbons (Fsp3) is 0.520. The largest absolute Gasteiger partial charge is 0.489 e. The van der Waals surface area contributed by atoms with Gasteiger partial charge in [0.15, 0.2) is 0 Å². The highest BCUT2D eigenvalue weighted by Crippen LogP contribution is 2.31. The van der Waals surface area contributed by atoms with Crippen molar-refractivity contribution in [2.45, 2.75) is 56.3 Å². The van der Waals surface area contributed by atoms with E-state index in [1.54, 1.807) is 4.90 Å². The Morgan fingerprint density at radius 2 is 1.91 bits per heavy atom. The number of carbonyl (C=O) groups excluding carboxylic acids is 1. The maximum absolute atomic E-state index is 14.1. The van der Waals surface area contributed by atoms with Crippen LogP contribution in [0.5, 0.6) is 5.75 Å². The average Bonchev–Trinajstić information content (AvgIpc) is 3.45. The van der Waals surface area contributed by atoms with E-state index in [0.717, 1.165) is 45.2 Å². The van der Waals surface area contributed by atoms with Crippen LogP contribution in [-0.2, 0) is 0 Å². The second kappa shape index (κ2) is 10.2. The number of aliphatic hydroxyl groups excluding tert-OH is 1. The van der Waals surface area contributed by atoms with Crippen molar-refractivity contribution in [3.05, 3.63) is 52.8 Å². The Morgan fingerprint density at radius 3 is 2.60 bits per heavy atom. The first-order chi connectivity index (χ1) is 16.9. The molecule has 2 aromatic rings. The minimum atomic E-state index is -0.468. The summed E-state index contributed by atoms with van der Waals surface area (Å²) in [7, 11) is 0. The number of aliphatic hydroxyl groups is 1. The molecule has 1 aromatic heterocycles. The first-order valence-electron chi connectivity index (χ1n) is 12.1. The second-order valence-corrected chi connectivity index (χ2v) is 10.0. The smallest absolute Gasteiger partial charge is 0.257 e. The molecule has 3 aliphatic rings. The van der Waals surface area contributed by atoms with E-state index in [1.807, 2.05) is 0 Å². The van der Waals surface area contributed by atoms with Crippen molar-refractivity contribution < 1.29 is 19.0 Å². The van der Waals surface area contributed by atoms with E-state index in [-0.39, 0.29) is 48.6 Å². The number of benzene rings is 1. The highest BCUT2D eigenvalue weighted by atomic mass is 35.5. The highest BCUT2D eigenvalue weighted by Gasteiger charge is 2.36.